The summed E-state index contributed by atoms with van der Waals surface area (Å²) >= 11 is 3.49. The number of guanidine groups is 1. The molecule has 25 heavy (non-hydrogen) atoms. The molecule has 0 spiro atoms. The number of sulfonamides is 1. The molecule has 1 aromatic rings. The number of nitrogens with zero attached hydrogens (tertiary/aromatic N) is 1. The van der Waals surface area contributed by atoms with E-state index in [1.807, 2.05) is 25.6 Å². The van der Waals surface area contributed by atoms with Crippen LogP contribution >= 0.6 is 47.1 Å². The molecule has 1 aliphatic rings. The van der Waals surface area contributed by atoms with Gasteiger partial charge in [-0.1, -0.05) is 0 Å². The predicted octanol–water partition coefficient (Wildman–Crippen LogP) is 2.32. The van der Waals surface area contributed by atoms with E-state index >= 15 is 0 Å². The fourth-order valence-electron chi connectivity index (χ4n) is 2.55. The van der Waals surface area contributed by atoms with Crippen molar-refractivity contribution in [2.24, 2.45) is 4.99 Å². The lowest BCUT2D eigenvalue weighted by Gasteiger charge is -2.15. The lowest BCUT2D eigenvalue weighted by atomic mass is 10.2. The van der Waals surface area contributed by atoms with Crippen molar-refractivity contribution in [1.29, 1.82) is 0 Å². The smallest absolute Gasteiger partial charge is 0.241 e. The molecule has 3 N–H and O–H groups in total. The van der Waals surface area contributed by atoms with E-state index in [0.29, 0.717) is 29.2 Å². The number of rotatable bonds is 7. The first-order valence-electron chi connectivity index (χ1n) is 8.05. The Labute approximate surface area is 176 Å². The van der Waals surface area contributed by atoms with Crippen LogP contribution in [0.1, 0.15) is 22.6 Å². The highest BCUT2D eigenvalue weighted by Crippen LogP contribution is 2.25. The van der Waals surface area contributed by atoms with Crippen molar-refractivity contribution in [2.45, 2.75) is 36.8 Å². The molecule has 2 rings (SSSR count). The second-order valence-electron chi connectivity index (χ2n) is 5.69. The van der Waals surface area contributed by atoms with Crippen LogP contribution in [-0.2, 0) is 10.0 Å². The molecule has 0 radical (unpaired) electrons. The molecule has 0 aliphatic carbocycles. The van der Waals surface area contributed by atoms with Gasteiger partial charge in [0.15, 0.2) is 5.96 Å². The van der Waals surface area contributed by atoms with Crippen LogP contribution in [0.2, 0.25) is 0 Å². The van der Waals surface area contributed by atoms with E-state index in [2.05, 4.69) is 20.3 Å². The van der Waals surface area contributed by atoms with E-state index in [9.17, 15) is 8.42 Å². The monoisotopic (exact) mass is 518 g/mol. The molecule has 1 saturated heterocycles. The molecule has 1 aromatic heterocycles. The average Bonchev–Trinajstić information content (AvgIpc) is 3.16. The molecule has 6 nitrogen and oxygen atoms in total. The third kappa shape index (κ3) is 7.24. The summed E-state index contributed by atoms with van der Waals surface area (Å²) in [6.45, 7) is 5.44. The van der Waals surface area contributed by atoms with Crippen LogP contribution in [0.15, 0.2) is 16.0 Å². The summed E-state index contributed by atoms with van der Waals surface area (Å²) in [6, 6.07) is 1.72. The van der Waals surface area contributed by atoms with Crippen molar-refractivity contribution in [3.05, 3.63) is 15.8 Å². The molecule has 0 aromatic carbocycles. The first-order chi connectivity index (χ1) is 11.4. The Morgan fingerprint density at radius 3 is 2.64 bits per heavy atom. The van der Waals surface area contributed by atoms with Crippen molar-refractivity contribution in [1.82, 2.24) is 15.4 Å². The first-order valence-corrected chi connectivity index (χ1v) is 11.4. The standard InChI is InChI=1S/C15H26N4O2S3.HI/c1-11-9-14(12(2)23-11)24(20,21)19-7-6-17-15(16-3)18-10-13-5-4-8-22-13;/h9,13,19H,4-8,10H2,1-3H3,(H2,16,17,18);1H. The molecule has 0 amide bonds. The van der Waals surface area contributed by atoms with Crippen LogP contribution in [0.4, 0.5) is 0 Å². The Hall–Kier alpha value is -0.0400. The number of halogens is 1. The van der Waals surface area contributed by atoms with Gasteiger partial charge in [-0.2, -0.15) is 11.8 Å². The zero-order chi connectivity index (χ0) is 17.6. The number of hydrogen-bond acceptors (Lipinski definition) is 5. The molecule has 0 bridgehead atoms. The Kier molecular flexibility index (Phi) is 10.1. The van der Waals surface area contributed by atoms with Gasteiger partial charge in [-0.3, -0.25) is 4.99 Å². The first kappa shape index (κ1) is 23.0. The SMILES string of the molecule is CN=C(NCCNS(=O)(=O)c1cc(C)sc1C)NCC1CCCS1.I. The molecule has 1 atom stereocenters. The van der Waals surface area contributed by atoms with Crippen molar-refractivity contribution in [3.8, 4) is 0 Å². The second-order valence-corrected chi connectivity index (χ2v) is 10.3. The molecule has 144 valence electrons. The van der Waals surface area contributed by atoms with E-state index in [0.717, 1.165) is 16.3 Å². The fourth-order valence-corrected chi connectivity index (χ4v) is 6.34. The summed E-state index contributed by atoms with van der Waals surface area (Å²) in [4.78, 5) is 6.37. The molecule has 1 fully saturated rings. The van der Waals surface area contributed by atoms with Gasteiger partial charge in [0.2, 0.25) is 10.0 Å². The van der Waals surface area contributed by atoms with E-state index < -0.39 is 10.0 Å². The highest BCUT2D eigenvalue weighted by Gasteiger charge is 2.18. The fraction of sp³-hybridized carbons (Fsp3) is 0.667. The third-order valence-corrected chi connectivity index (χ3v) is 7.82. The maximum atomic E-state index is 12.3. The number of hydrogen-bond donors (Lipinski definition) is 3. The minimum Gasteiger partial charge on any atom is -0.355 e. The molecule has 0 saturated carbocycles. The molecule has 2 heterocycles. The van der Waals surface area contributed by atoms with Gasteiger partial charge in [0.1, 0.15) is 0 Å². The van der Waals surface area contributed by atoms with Crippen LogP contribution in [0.25, 0.3) is 0 Å². The molecular formula is C15H27IN4O2S3. The zero-order valence-electron chi connectivity index (χ0n) is 14.8. The van der Waals surface area contributed by atoms with Crippen LogP contribution in [0, 0.1) is 13.8 Å². The van der Waals surface area contributed by atoms with Crippen LogP contribution in [0.3, 0.4) is 0 Å². The van der Waals surface area contributed by atoms with Gasteiger partial charge in [-0.25, -0.2) is 13.1 Å². The zero-order valence-corrected chi connectivity index (χ0v) is 19.6. The summed E-state index contributed by atoms with van der Waals surface area (Å²) in [5.74, 6) is 1.95. The Balaban J connectivity index is 0.00000312. The van der Waals surface area contributed by atoms with Crippen LogP contribution < -0.4 is 15.4 Å². The predicted molar refractivity (Wildman–Crippen MR) is 119 cm³/mol. The average molecular weight is 519 g/mol. The summed E-state index contributed by atoms with van der Waals surface area (Å²) < 4.78 is 27.2. The topological polar surface area (TPSA) is 82.6 Å². The number of aliphatic imine (C=N–C) groups is 1. The summed E-state index contributed by atoms with van der Waals surface area (Å²) in [6.07, 6.45) is 2.53. The summed E-state index contributed by atoms with van der Waals surface area (Å²) in [5, 5.41) is 7.08. The van der Waals surface area contributed by atoms with Gasteiger partial charge in [0, 0.05) is 41.7 Å². The lowest BCUT2D eigenvalue weighted by molar-refractivity contribution is 0.580. The lowest BCUT2D eigenvalue weighted by Crippen LogP contribution is -2.43. The van der Waals surface area contributed by atoms with Crippen molar-refractivity contribution >= 4 is 63.1 Å². The molecule has 1 unspecified atom stereocenters. The van der Waals surface area contributed by atoms with Gasteiger partial charge in [-0.15, -0.1) is 35.3 Å². The number of aryl methyl sites for hydroxylation is 2. The normalized spacial score (nSPS) is 18.0. The Bertz CT molecular complexity index is 670. The summed E-state index contributed by atoms with van der Waals surface area (Å²) in [5.41, 5.74) is 0. The van der Waals surface area contributed by atoms with Crippen LogP contribution in [-0.4, -0.2) is 52.1 Å². The van der Waals surface area contributed by atoms with Crippen molar-refractivity contribution in [2.75, 3.05) is 32.4 Å². The second kappa shape index (κ2) is 11.0. The summed E-state index contributed by atoms with van der Waals surface area (Å²) in [7, 11) is -1.72. The number of nitrogens with one attached hydrogen (secondary N) is 3. The van der Waals surface area contributed by atoms with Crippen molar-refractivity contribution < 1.29 is 8.42 Å². The number of thioether (sulfide) groups is 1. The van der Waals surface area contributed by atoms with Crippen molar-refractivity contribution in [3.63, 3.8) is 0 Å². The minimum atomic E-state index is -3.44. The van der Waals surface area contributed by atoms with E-state index in [1.54, 1.807) is 13.1 Å². The van der Waals surface area contributed by atoms with Gasteiger partial charge in [0.25, 0.3) is 0 Å². The van der Waals surface area contributed by atoms with E-state index in [-0.39, 0.29) is 24.0 Å². The highest BCUT2D eigenvalue weighted by molar-refractivity contribution is 14.0. The quantitative estimate of drug-likeness (QED) is 0.224. The van der Waals surface area contributed by atoms with Gasteiger partial charge < -0.3 is 10.6 Å². The van der Waals surface area contributed by atoms with E-state index in [4.69, 9.17) is 0 Å². The molecule has 10 heteroatoms. The largest absolute Gasteiger partial charge is 0.355 e. The Morgan fingerprint density at radius 1 is 1.32 bits per heavy atom. The van der Waals surface area contributed by atoms with Gasteiger partial charge in [-0.05, 0) is 38.5 Å². The van der Waals surface area contributed by atoms with Gasteiger partial charge in [0.05, 0.1) is 4.90 Å². The maximum absolute atomic E-state index is 12.3. The minimum absolute atomic E-state index is 0. The molecule has 1 aliphatic heterocycles. The third-order valence-electron chi connectivity index (χ3n) is 3.74. The van der Waals surface area contributed by atoms with E-state index in [1.165, 1.54) is 29.9 Å². The molecular weight excluding hydrogens is 491 g/mol. The van der Waals surface area contributed by atoms with Crippen LogP contribution in [0.5, 0.6) is 0 Å². The van der Waals surface area contributed by atoms with Gasteiger partial charge >= 0.3 is 0 Å². The number of thiophene rings is 1. The Morgan fingerprint density at radius 2 is 2.08 bits per heavy atom. The highest BCUT2D eigenvalue weighted by atomic mass is 127. The maximum Gasteiger partial charge on any atom is 0.241 e.